The third-order valence-corrected chi connectivity index (χ3v) is 3.56. The molecule has 1 aromatic carbocycles. The lowest BCUT2D eigenvalue weighted by Crippen LogP contribution is -2.23. The summed E-state index contributed by atoms with van der Waals surface area (Å²) in [7, 11) is 1.57. The van der Waals surface area contributed by atoms with Gasteiger partial charge in [-0.1, -0.05) is 12.1 Å². The van der Waals surface area contributed by atoms with Crippen molar-refractivity contribution in [2.75, 3.05) is 20.3 Å². The zero-order chi connectivity index (χ0) is 14.8. The average Bonchev–Trinajstić information content (AvgIpc) is 2.72. The summed E-state index contributed by atoms with van der Waals surface area (Å²) in [6.07, 6.45) is -3.90. The molecule has 2 unspecified atom stereocenters. The number of rotatable bonds is 4. The van der Waals surface area contributed by atoms with Crippen LogP contribution < -0.4 is 5.32 Å². The van der Waals surface area contributed by atoms with E-state index in [0.29, 0.717) is 19.6 Å². The molecular weight excluding hydrogens is 271 g/mol. The first-order chi connectivity index (χ1) is 9.41. The molecule has 2 atom stereocenters. The van der Waals surface area contributed by atoms with Gasteiger partial charge in [0.25, 0.3) is 0 Å². The number of carbonyl (C=O) groups is 1. The predicted molar refractivity (Wildman–Crippen MR) is 67.0 cm³/mol. The van der Waals surface area contributed by atoms with E-state index in [1.807, 2.05) is 0 Å². The van der Waals surface area contributed by atoms with Crippen LogP contribution >= 0.6 is 0 Å². The van der Waals surface area contributed by atoms with Crippen molar-refractivity contribution in [1.29, 1.82) is 0 Å². The Hall–Kier alpha value is -1.56. The van der Waals surface area contributed by atoms with Crippen molar-refractivity contribution in [3.05, 3.63) is 35.4 Å². The Morgan fingerprint density at radius 1 is 1.30 bits per heavy atom. The molecular formula is C14H16F3NO2. The number of carbonyl (C=O) groups excluding carboxylic acids is 1. The Kier molecular flexibility index (Phi) is 4.32. The molecule has 0 radical (unpaired) electrons. The lowest BCUT2D eigenvalue weighted by Gasteiger charge is -2.16. The van der Waals surface area contributed by atoms with E-state index in [1.165, 1.54) is 12.1 Å². The summed E-state index contributed by atoms with van der Waals surface area (Å²) in [5.41, 5.74) is 0.0479. The van der Waals surface area contributed by atoms with Gasteiger partial charge in [-0.3, -0.25) is 4.79 Å². The van der Waals surface area contributed by atoms with Crippen LogP contribution in [0.5, 0.6) is 0 Å². The van der Waals surface area contributed by atoms with Crippen molar-refractivity contribution < 1.29 is 22.7 Å². The molecule has 1 aromatic rings. The highest BCUT2D eigenvalue weighted by atomic mass is 19.4. The van der Waals surface area contributed by atoms with Crippen LogP contribution in [0.15, 0.2) is 24.3 Å². The SMILES string of the molecule is COCC1CNC(=O)C1Cc1ccc(C(F)(F)F)cc1. The number of alkyl halides is 3. The molecule has 1 heterocycles. The number of benzene rings is 1. The van der Waals surface area contributed by atoms with Gasteiger partial charge in [-0.15, -0.1) is 0 Å². The second-order valence-corrected chi connectivity index (χ2v) is 4.97. The summed E-state index contributed by atoms with van der Waals surface area (Å²) in [5.74, 6) is -0.242. The number of ether oxygens (including phenoxy) is 1. The average molecular weight is 287 g/mol. The third-order valence-electron chi connectivity index (χ3n) is 3.56. The van der Waals surface area contributed by atoms with E-state index >= 15 is 0 Å². The number of methoxy groups -OCH3 is 1. The van der Waals surface area contributed by atoms with Gasteiger partial charge in [0.1, 0.15) is 0 Å². The first-order valence-corrected chi connectivity index (χ1v) is 6.34. The van der Waals surface area contributed by atoms with Crippen LogP contribution in [0.1, 0.15) is 11.1 Å². The van der Waals surface area contributed by atoms with E-state index in [-0.39, 0.29) is 17.7 Å². The zero-order valence-corrected chi connectivity index (χ0v) is 11.0. The highest BCUT2D eigenvalue weighted by Gasteiger charge is 2.35. The predicted octanol–water partition coefficient (Wildman–Crippen LogP) is 2.26. The van der Waals surface area contributed by atoms with Crippen LogP contribution in [-0.4, -0.2) is 26.2 Å². The van der Waals surface area contributed by atoms with E-state index < -0.39 is 11.7 Å². The largest absolute Gasteiger partial charge is 0.416 e. The van der Waals surface area contributed by atoms with E-state index in [2.05, 4.69) is 5.32 Å². The smallest absolute Gasteiger partial charge is 0.384 e. The van der Waals surface area contributed by atoms with E-state index in [0.717, 1.165) is 17.7 Å². The molecule has 0 aliphatic carbocycles. The first kappa shape index (κ1) is 14.8. The Morgan fingerprint density at radius 3 is 2.50 bits per heavy atom. The topological polar surface area (TPSA) is 38.3 Å². The molecule has 1 amide bonds. The standard InChI is InChI=1S/C14H16F3NO2/c1-20-8-10-7-18-13(19)12(10)6-9-2-4-11(5-3-9)14(15,16)17/h2-5,10,12H,6-8H2,1H3,(H,18,19). The van der Waals surface area contributed by atoms with Crippen molar-refractivity contribution in [2.45, 2.75) is 12.6 Å². The first-order valence-electron chi connectivity index (χ1n) is 6.34. The molecule has 20 heavy (non-hydrogen) atoms. The molecule has 2 rings (SSSR count). The van der Waals surface area contributed by atoms with Gasteiger partial charge in [-0.2, -0.15) is 13.2 Å². The lowest BCUT2D eigenvalue weighted by atomic mass is 9.89. The fraction of sp³-hybridized carbons (Fsp3) is 0.500. The number of halogens is 3. The minimum atomic E-state index is -4.33. The van der Waals surface area contributed by atoms with Crippen LogP contribution in [-0.2, 0) is 22.1 Å². The van der Waals surface area contributed by atoms with E-state index in [9.17, 15) is 18.0 Å². The van der Waals surface area contributed by atoms with Crippen LogP contribution in [0.3, 0.4) is 0 Å². The molecule has 0 spiro atoms. The van der Waals surface area contributed by atoms with Gasteiger partial charge in [-0.25, -0.2) is 0 Å². The highest BCUT2D eigenvalue weighted by Crippen LogP contribution is 2.30. The summed E-state index contributed by atoms with van der Waals surface area (Å²) in [5, 5.41) is 2.76. The Labute approximate surface area is 115 Å². The number of hydrogen-bond donors (Lipinski definition) is 1. The molecule has 1 N–H and O–H groups in total. The summed E-state index contributed by atoms with van der Waals surface area (Å²) in [6.45, 7) is 1.02. The summed E-state index contributed by atoms with van der Waals surface area (Å²) < 4.78 is 42.5. The number of nitrogens with one attached hydrogen (secondary N) is 1. The van der Waals surface area contributed by atoms with Crippen molar-refractivity contribution >= 4 is 5.91 Å². The maximum atomic E-state index is 12.5. The molecule has 6 heteroatoms. The van der Waals surface area contributed by atoms with E-state index in [4.69, 9.17) is 4.74 Å². The van der Waals surface area contributed by atoms with Gasteiger partial charge in [0, 0.05) is 25.5 Å². The Balaban J connectivity index is 2.07. The molecule has 3 nitrogen and oxygen atoms in total. The number of hydrogen-bond acceptors (Lipinski definition) is 2. The monoisotopic (exact) mass is 287 g/mol. The fourth-order valence-electron chi connectivity index (χ4n) is 2.45. The molecule has 1 fully saturated rings. The zero-order valence-electron chi connectivity index (χ0n) is 11.0. The van der Waals surface area contributed by atoms with Crippen LogP contribution in [0, 0.1) is 11.8 Å². The van der Waals surface area contributed by atoms with Gasteiger partial charge >= 0.3 is 6.18 Å². The van der Waals surface area contributed by atoms with Gasteiger partial charge in [0.15, 0.2) is 0 Å². The second kappa shape index (κ2) is 5.83. The molecule has 0 bridgehead atoms. The Morgan fingerprint density at radius 2 is 1.95 bits per heavy atom. The van der Waals surface area contributed by atoms with Gasteiger partial charge < -0.3 is 10.1 Å². The highest BCUT2D eigenvalue weighted by molar-refractivity contribution is 5.81. The van der Waals surface area contributed by atoms with Crippen molar-refractivity contribution in [3.8, 4) is 0 Å². The van der Waals surface area contributed by atoms with Gasteiger partial charge in [0.2, 0.25) is 5.91 Å². The van der Waals surface area contributed by atoms with Crippen molar-refractivity contribution in [3.63, 3.8) is 0 Å². The summed E-state index contributed by atoms with van der Waals surface area (Å²) in [4.78, 5) is 11.7. The fourth-order valence-corrected chi connectivity index (χ4v) is 2.45. The second-order valence-electron chi connectivity index (χ2n) is 4.97. The molecule has 110 valence electrons. The van der Waals surface area contributed by atoms with Crippen LogP contribution in [0.25, 0.3) is 0 Å². The normalized spacial score (nSPS) is 22.9. The molecule has 1 saturated heterocycles. The quantitative estimate of drug-likeness (QED) is 0.922. The maximum absolute atomic E-state index is 12.5. The lowest BCUT2D eigenvalue weighted by molar-refractivity contribution is -0.137. The van der Waals surface area contributed by atoms with Crippen LogP contribution in [0.2, 0.25) is 0 Å². The third kappa shape index (κ3) is 3.30. The van der Waals surface area contributed by atoms with Crippen molar-refractivity contribution in [2.24, 2.45) is 11.8 Å². The molecule has 1 aliphatic heterocycles. The van der Waals surface area contributed by atoms with Crippen molar-refractivity contribution in [1.82, 2.24) is 5.32 Å². The van der Waals surface area contributed by atoms with Gasteiger partial charge in [-0.05, 0) is 24.1 Å². The number of amides is 1. The maximum Gasteiger partial charge on any atom is 0.416 e. The molecule has 0 aromatic heterocycles. The Bertz CT molecular complexity index is 470. The summed E-state index contributed by atoms with van der Waals surface area (Å²) >= 11 is 0. The van der Waals surface area contributed by atoms with Crippen LogP contribution in [0.4, 0.5) is 13.2 Å². The molecule has 0 saturated carbocycles. The minimum Gasteiger partial charge on any atom is -0.384 e. The van der Waals surface area contributed by atoms with E-state index in [1.54, 1.807) is 7.11 Å². The molecule has 1 aliphatic rings. The minimum absolute atomic E-state index is 0.0630. The summed E-state index contributed by atoms with van der Waals surface area (Å²) in [6, 6.07) is 4.96. The van der Waals surface area contributed by atoms with Gasteiger partial charge in [0.05, 0.1) is 12.2 Å².